The van der Waals surface area contributed by atoms with E-state index < -0.39 is 0 Å². The van der Waals surface area contributed by atoms with Crippen LogP contribution in [0, 0.1) is 13.8 Å². The summed E-state index contributed by atoms with van der Waals surface area (Å²) in [5, 5.41) is 0. The Kier molecular flexibility index (Phi) is 3.51. The van der Waals surface area contributed by atoms with Gasteiger partial charge in [-0.05, 0) is 49.2 Å². The number of aromatic nitrogens is 1. The molecule has 2 aromatic rings. The predicted molar refractivity (Wildman–Crippen MR) is 74.3 cm³/mol. The van der Waals surface area contributed by atoms with Gasteiger partial charge < -0.3 is 9.88 Å². The summed E-state index contributed by atoms with van der Waals surface area (Å²) in [4.78, 5) is 16.9. The molecule has 3 heteroatoms. The van der Waals surface area contributed by atoms with Gasteiger partial charge in [0.1, 0.15) is 0 Å². The molecule has 0 aliphatic rings. The minimum Gasteiger partial charge on any atom is -0.367 e. The first-order chi connectivity index (χ1) is 8.56. The lowest BCUT2D eigenvalue weighted by atomic mass is 10.1. The summed E-state index contributed by atoms with van der Waals surface area (Å²) in [6, 6.07) is 9.95. The number of rotatable bonds is 4. The highest BCUT2D eigenvalue weighted by atomic mass is 16.1. The van der Waals surface area contributed by atoms with Crippen molar-refractivity contribution in [3.8, 4) is 0 Å². The van der Waals surface area contributed by atoms with Gasteiger partial charge in [-0.25, -0.2) is 0 Å². The van der Waals surface area contributed by atoms with E-state index in [-0.39, 0.29) is 5.78 Å². The molecule has 1 aromatic carbocycles. The van der Waals surface area contributed by atoms with Crippen LogP contribution < -0.4 is 4.90 Å². The third-order valence-electron chi connectivity index (χ3n) is 2.93. The number of anilines is 1. The topological polar surface area (TPSA) is 36.1 Å². The van der Waals surface area contributed by atoms with Gasteiger partial charge in [-0.3, -0.25) is 4.79 Å². The summed E-state index contributed by atoms with van der Waals surface area (Å²) in [7, 11) is 1.94. The van der Waals surface area contributed by atoms with Crippen molar-refractivity contribution in [2.75, 3.05) is 18.5 Å². The first-order valence-corrected chi connectivity index (χ1v) is 6.02. The molecule has 0 amide bonds. The van der Waals surface area contributed by atoms with E-state index in [1.165, 1.54) is 11.1 Å². The van der Waals surface area contributed by atoms with E-state index in [2.05, 4.69) is 37.0 Å². The van der Waals surface area contributed by atoms with Gasteiger partial charge in [0, 0.05) is 18.9 Å². The highest BCUT2D eigenvalue weighted by Gasteiger charge is 2.10. The molecule has 0 aliphatic carbocycles. The molecule has 18 heavy (non-hydrogen) atoms. The summed E-state index contributed by atoms with van der Waals surface area (Å²) in [6.45, 7) is 4.51. The molecule has 0 saturated heterocycles. The van der Waals surface area contributed by atoms with E-state index in [9.17, 15) is 4.79 Å². The number of likely N-dealkylation sites (N-methyl/N-ethyl adjacent to an activating group) is 1. The number of aryl methyl sites for hydroxylation is 2. The predicted octanol–water partition coefficient (Wildman–Crippen LogP) is 2.95. The van der Waals surface area contributed by atoms with Crippen LogP contribution in [0.15, 0.2) is 36.5 Å². The number of carbonyl (C=O) groups excluding carboxylic acids is 1. The van der Waals surface area contributed by atoms with E-state index in [1.807, 2.05) is 18.0 Å². The van der Waals surface area contributed by atoms with Crippen LogP contribution >= 0.6 is 0 Å². The number of aromatic amines is 1. The van der Waals surface area contributed by atoms with Crippen molar-refractivity contribution in [1.29, 1.82) is 0 Å². The molecule has 94 valence electrons. The van der Waals surface area contributed by atoms with Gasteiger partial charge in [0.2, 0.25) is 0 Å². The van der Waals surface area contributed by atoms with Crippen LogP contribution in [0.1, 0.15) is 21.6 Å². The summed E-state index contributed by atoms with van der Waals surface area (Å²) in [5.41, 5.74) is 4.16. The largest absolute Gasteiger partial charge is 0.367 e. The molecule has 0 saturated carbocycles. The Labute approximate surface area is 107 Å². The van der Waals surface area contributed by atoms with Gasteiger partial charge in [-0.1, -0.05) is 6.07 Å². The Morgan fingerprint density at radius 1 is 1.22 bits per heavy atom. The fraction of sp³-hybridized carbons (Fsp3) is 0.267. The molecular formula is C15H18N2O. The van der Waals surface area contributed by atoms with Crippen LogP contribution in [0.4, 0.5) is 5.69 Å². The van der Waals surface area contributed by atoms with Crippen molar-refractivity contribution >= 4 is 11.5 Å². The van der Waals surface area contributed by atoms with E-state index in [4.69, 9.17) is 0 Å². The van der Waals surface area contributed by atoms with Gasteiger partial charge in [0.25, 0.3) is 0 Å². The maximum atomic E-state index is 12.0. The van der Waals surface area contributed by atoms with E-state index in [0.717, 1.165) is 5.69 Å². The van der Waals surface area contributed by atoms with E-state index in [1.54, 1.807) is 12.3 Å². The molecule has 1 aromatic heterocycles. The van der Waals surface area contributed by atoms with Gasteiger partial charge >= 0.3 is 0 Å². The normalized spacial score (nSPS) is 10.4. The molecule has 0 aliphatic heterocycles. The number of benzene rings is 1. The van der Waals surface area contributed by atoms with Gasteiger partial charge in [0.15, 0.2) is 5.78 Å². The van der Waals surface area contributed by atoms with Crippen LogP contribution in [0.5, 0.6) is 0 Å². The smallest absolute Gasteiger partial charge is 0.198 e. The number of nitrogens with zero attached hydrogens (tertiary/aromatic N) is 1. The number of carbonyl (C=O) groups is 1. The average Bonchev–Trinajstić information content (AvgIpc) is 2.80. The number of hydrogen-bond donors (Lipinski definition) is 1. The Balaban J connectivity index is 2.12. The van der Waals surface area contributed by atoms with Crippen molar-refractivity contribution in [2.45, 2.75) is 13.8 Å². The van der Waals surface area contributed by atoms with Crippen LogP contribution in [0.3, 0.4) is 0 Å². The second-order valence-corrected chi connectivity index (χ2v) is 4.71. The van der Waals surface area contributed by atoms with Crippen LogP contribution in [-0.2, 0) is 0 Å². The summed E-state index contributed by atoms with van der Waals surface area (Å²) >= 11 is 0. The number of hydrogen-bond acceptors (Lipinski definition) is 2. The summed E-state index contributed by atoms with van der Waals surface area (Å²) in [6.07, 6.45) is 1.77. The first kappa shape index (κ1) is 12.4. The Morgan fingerprint density at radius 3 is 2.44 bits per heavy atom. The van der Waals surface area contributed by atoms with E-state index in [0.29, 0.717) is 12.2 Å². The molecule has 3 nitrogen and oxygen atoms in total. The molecule has 1 N–H and O–H groups in total. The van der Waals surface area contributed by atoms with Crippen molar-refractivity contribution in [2.24, 2.45) is 0 Å². The maximum Gasteiger partial charge on any atom is 0.198 e. The molecule has 0 radical (unpaired) electrons. The van der Waals surface area contributed by atoms with Gasteiger partial charge in [-0.2, -0.15) is 0 Å². The molecule has 2 rings (SSSR count). The Bertz CT molecular complexity index is 523. The fourth-order valence-electron chi connectivity index (χ4n) is 2.07. The lowest BCUT2D eigenvalue weighted by molar-refractivity contribution is 0.0996. The lowest BCUT2D eigenvalue weighted by Crippen LogP contribution is -2.25. The second kappa shape index (κ2) is 5.08. The zero-order valence-electron chi connectivity index (χ0n) is 11.0. The fourth-order valence-corrected chi connectivity index (χ4v) is 2.07. The van der Waals surface area contributed by atoms with E-state index >= 15 is 0 Å². The van der Waals surface area contributed by atoms with Gasteiger partial charge in [0.05, 0.1) is 12.2 Å². The third-order valence-corrected chi connectivity index (χ3v) is 2.93. The van der Waals surface area contributed by atoms with Gasteiger partial charge in [-0.15, -0.1) is 0 Å². The molecule has 0 fully saturated rings. The first-order valence-electron chi connectivity index (χ1n) is 6.02. The SMILES string of the molecule is Cc1cc(C)cc(N(C)CC(=O)c2ccc[nH]2)c1. The number of H-pyrrole nitrogens is 1. The standard InChI is InChI=1S/C15H18N2O/c1-11-7-12(2)9-13(8-11)17(3)10-15(18)14-5-4-6-16-14/h4-9,16H,10H2,1-3H3. The second-order valence-electron chi connectivity index (χ2n) is 4.71. The third kappa shape index (κ3) is 2.80. The van der Waals surface area contributed by atoms with Crippen LogP contribution in [-0.4, -0.2) is 24.4 Å². The minimum atomic E-state index is 0.0988. The molecule has 0 atom stereocenters. The molecule has 0 unspecified atom stereocenters. The van der Waals surface area contributed by atoms with Crippen molar-refractivity contribution < 1.29 is 4.79 Å². The van der Waals surface area contributed by atoms with Crippen LogP contribution in [0.2, 0.25) is 0 Å². The summed E-state index contributed by atoms with van der Waals surface area (Å²) < 4.78 is 0. The van der Waals surface area contributed by atoms with Crippen molar-refractivity contribution in [3.05, 3.63) is 53.3 Å². The Morgan fingerprint density at radius 2 is 1.89 bits per heavy atom. The monoisotopic (exact) mass is 242 g/mol. The van der Waals surface area contributed by atoms with Crippen molar-refractivity contribution in [3.63, 3.8) is 0 Å². The Hall–Kier alpha value is -2.03. The maximum absolute atomic E-state index is 12.0. The molecule has 0 bridgehead atoms. The number of nitrogens with one attached hydrogen (secondary N) is 1. The number of ketones is 1. The number of Topliss-reactive ketones (excluding diaryl/α,β-unsaturated/α-hetero) is 1. The average molecular weight is 242 g/mol. The quantitative estimate of drug-likeness (QED) is 0.837. The minimum absolute atomic E-state index is 0.0988. The molecule has 1 heterocycles. The highest BCUT2D eigenvalue weighted by Crippen LogP contribution is 2.17. The summed E-state index contributed by atoms with van der Waals surface area (Å²) in [5.74, 6) is 0.0988. The highest BCUT2D eigenvalue weighted by molar-refractivity contribution is 5.97. The zero-order valence-corrected chi connectivity index (χ0v) is 11.0. The molecule has 0 spiro atoms. The lowest BCUT2D eigenvalue weighted by Gasteiger charge is -2.19. The molecular weight excluding hydrogens is 224 g/mol. The zero-order chi connectivity index (χ0) is 13.1. The van der Waals surface area contributed by atoms with Crippen molar-refractivity contribution in [1.82, 2.24) is 4.98 Å². The van der Waals surface area contributed by atoms with Crippen LogP contribution in [0.25, 0.3) is 0 Å².